The van der Waals surface area contributed by atoms with Crippen LogP contribution < -0.4 is 10.1 Å². The summed E-state index contributed by atoms with van der Waals surface area (Å²) in [5, 5.41) is 15.7. The predicted octanol–water partition coefficient (Wildman–Crippen LogP) is 5.26. The van der Waals surface area contributed by atoms with E-state index in [1.54, 1.807) is 0 Å². The van der Waals surface area contributed by atoms with E-state index in [1.165, 1.54) is 17.0 Å². The Morgan fingerprint density at radius 3 is 2.31 bits per heavy atom. The van der Waals surface area contributed by atoms with E-state index in [0.717, 1.165) is 23.2 Å². The SMILES string of the molecule is CN1N(Cc2ccc(OCC(=O)N3CCOCC3)c(F)c2F)C(=O)C(C(=O)Nc2ccc(C(F)(F)F)cc2-c2cc(C(F)(F)F)ncn2)=C(O)C12CCC2. The van der Waals surface area contributed by atoms with Crippen molar-refractivity contribution in [2.75, 3.05) is 45.3 Å². The van der Waals surface area contributed by atoms with Crippen molar-refractivity contribution in [3.8, 4) is 17.0 Å². The third kappa shape index (κ3) is 7.26. The van der Waals surface area contributed by atoms with E-state index in [2.05, 4.69) is 15.3 Å². The average molecular weight is 771 g/mol. The summed E-state index contributed by atoms with van der Waals surface area (Å²) in [6.45, 7) is -0.0285. The van der Waals surface area contributed by atoms with Crippen LogP contribution in [0.15, 0.2) is 54.1 Å². The molecule has 54 heavy (non-hydrogen) atoms. The number of aromatic nitrogens is 2. The van der Waals surface area contributed by atoms with E-state index in [-0.39, 0.29) is 18.4 Å². The number of likely N-dealkylation sites (N-methyl/N-ethyl adjacent to an activating group) is 1. The lowest BCUT2D eigenvalue weighted by Gasteiger charge is -2.54. The lowest BCUT2D eigenvalue weighted by Crippen LogP contribution is -2.65. The number of hydrazine groups is 1. The van der Waals surface area contributed by atoms with Crippen LogP contribution in [0.3, 0.4) is 0 Å². The van der Waals surface area contributed by atoms with Crippen LogP contribution in [0.25, 0.3) is 11.3 Å². The third-order valence-corrected chi connectivity index (χ3v) is 9.51. The second-order valence-corrected chi connectivity index (χ2v) is 12.6. The zero-order chi connectivity index (χ0) is 39.2. The number of amides is 3. The highest BCUT2D eigenvalue weighted by molar-refractivity contribution is 6.24. The molecule has 12 nitrogen and oxygen atoms in total. The van der Waals surface area contributed by atoms with E-state index in [1.807, 2.05) is 0 Å². The Balaban J connectivity index is 1.29. The summed E-state index contributed by atoms with van der Waals surface area (Å²) in [5.74, 6) is -7.22. The molecule has 2 fully saturated rings. The molecule has 0 bridgehead atoms. The first kappa shape index (κ1) is 38.4. The number of hydrogen-bond acceptors (Lipinski definition) is 9. The summed E-state index contributed by atoms with van der Waals surface area (Å²) in [6, 6.07) is 4.27. The Morgan fingerprint density at radius 1 is 0.981 bits per heavy atom. The summed E-state index contributed by atoms with van der Waals surface area (Å²) < 4.78 is 122. The molecule has 0 atom stereocenters. The van der Waals surface area contributed by atoms with Crippen LogP contribution in [0.5, 0.6) is 5.75 Å². The molecular weight excluding hydrogens is 740 g/mol. The van der Waals surface area contributed by atoms with E-state index in [4.69, 9.17) is 9.47 Å². The standard InChI is InChI=1S/C34H30F8N6O6/c1-46-32(7-2-8-32)29(50)26(30(51)45-21-5-4-19(33(37,38)39)13-20(21)22-14-24(34(40,41)42)44-17-43-22)31(52)48(46)15-18-3-6-23(28(36)27(18)35)54-16-25(49)47-9-11-53-12-10-47/h3-6,13-14,17,50H,2,7-12,15-16H2,1H3,(H,45,51). The lowest BCUT2D eigenvalue weighted by atomic mass is 9.72. The maximum atomic E-state index is 15.5. The van der Waals surface area contributed by atoms with Gasteiger partial charge in [0.2, 0.25) is 5.82 Å². The molecule has 3 heterocycles. The van der Waals surface area contributed by atoms with E-state index < -0.39 is 106 Å². The number of alkyl halides is 6. The van der Waals surface area contributed by atoms with Crippen molar-refractivity contribution in [3.63, 3.8) is 0 Å². The Bertz CT molecular complexity index is 2010. The predicted molar refractivity (Wildman–Crippen MR) is 170 cm³/mol. The monoisotopic (exact) mass is 770 g/mol. The van der Waals surface area contributed by atoms with Gasteiger partial charge in [0.05, 0.1) is 42.2 Å². The zero-order valence-electron chi connectivity index (χ0n) is 28.2. The highest BCUT2D eigenvalue weighted by Crippen LogP contribution is 2.47. The van der Waals surface area contributed by atoms with Crippen molar-refractivity contribution in [1.82, 2.24) is 24.9 Å². The molecule has 2 N–H and O–H groups in total. The van der Waals surface area contributed by atoms with Crippen LogP contribution >= 0.6 is 0 Å². The van der Waals surface area contributed by atoms with Gasteiger partial charge in [-0.1, -0.05) is 6.07 Å². The number of halogens is 8. The number of nitrogens with one attached hydrogen (secondary N) is 1. The minimum absolute atomic E-state index is 0.198. The molecule has 3 aromatic rings. The van der Waals surface area contributed by atoms with Crippen molar-refractivity contribution in [1.29, 1.82) is 0 Å². The summed E-state index contributed by atoms with van der Waals surface area (Å²) in [4.78, 5) is 48.3. The molecule has 1 aliphatic carbocycles. The number of aliphatic hydroxyl groups is 1. The number of nitrogens with zero attached hydrogens (tertiary/aromatic N) is 5. The van der Waals surface area contributed by atoms with Gasteiger partial charge in [-0.2, -0.15) is 30.7 Å². The number of anilines is 1. The molecule has 1 spiro atoms. The summed E-state index contributed by atoms with van der Waals surface area (Å²) in [7, 11) is 1.38. The van der Waals surface area contributed by atoms with Gasteiger partial charge in [0.25, 0.3) is 17.7 Å². The van der Waals surface area contributed by atoms with E-state index in [0.29, 0.717) is 57.3 Å². The molecular formula is C34H30F8N6O6. The van der Waals surface area contributed by atoms with Crippen LogP contribution in [-0.2, 0) is 38.0 Å². The molecule has 1 aromatic heterocycles. The summed E-state index contributed by atoms with van der Waals surface area (Å²) in [5.41, 5.74) is -7.20. The molecule has 3 amide bonds. The maximum Gasteiger partial charge on any atom is 0.433 e. The Kier molecular flexibility index (Phi) is 10.3. The highest BCUT2D eigenvalue weighted by Gasteiger charge is 2.55. The normalized spacial score (nSPS) is 17.8. The van der Waals surface area contributed by atoms with Crippen molar-refractivity contribution < 1.29 is 64.1 Å². The van der Waals surface area contributed by atoms with E-state index in [9.17, 15) is 45.8 Å². The van der Waals surface area contributed by atoms with E-state index >= 15 is 8.78 Å². The van der Waals surface area contributed by atoms with Crippen LogP contribution in [-0.4, -0.2) is 93.2 Å². The van der Waals surface area contributed by atoms with Crippen molar-refractivity contribution in [3.05, 3.63) is 82.5 Å². The molecule has 3 aliphatic rings. The molecule has 1 saturated heterocycles. The van der Waals surface area contributed by atoms with Gasteiger partial charge in [0.1, 0.15) is 23.4 Å². The number of hydrogen-bond donors (Lipinski definition) is 2. The molecule has 288 valence electrons. The number of morpholine rings is 1. The van der Waals surface area contributed by atoms with Crippen LogP contribution in [0.4, 0.5) is 40.8 Å². The minimum atomic E-state index is -5.00. The van der Waals surface area contributed by atoms with Crippen LogP contribution in [0, 0.1) is 11.6 Å². The lowest BCUT2D eigenvalue weighted by molar-refractivity contribution is -0.172. The van der Waals surface area contributed by atoms with Crippen LogP contribution in [0.2, 0.25) is 0 Å². The molecule has 2 aliphatic heterocycles. The molecule has 0 radical (unpaired) electrons. The van der Waals surface area contributed by atoms with Gasteiger partial charge >= 0.3 is 12.4 Å². The smallest absolute Gasteiger partial charge is 0.433 e. The first-order chi connectivity index (χ1) is 25.4. The molecule has 6 rings (SSSR count). The second kappa shape index (κ2) is 14.5. The van der Waals surface area contributed by atoms with Crippen molar-refractivity contribution >= 4 is 23.4 Å². The summed E-state index contributed by atoms with van der Waals surface area (Å²) >= 11 is 0. The molecule has 0 unspecified atom stereocenters. The minimum Gasteiger partial charge on any atom is -0.509 e. The molecule has 1 saturated carbocycles. The molecule has 20 heteroatoms. The van der Waals surface area contributed by atoms with Crippen molar-refractivity contribution in [2.24, 2.45) is 0 Å². The van der Waals surface area contributed by atoms with Gasteiger partial charge in [0, 0.05) is 31.3 Å². The fourth-order valence-electron chi connectivity index (χ4n) is 6.33. The molecule has 2 aromatic carbocycles. The van der Waals surface area contributed by atoms with Gasteiger partial charge in [0.15, 0.2) is 18.2 Å². The highest BCUT2D eigenvalue weighted by atomic mass is 19.4. The average Bonchev–Trinajstić information content (AvgIpc) is 3.10. The Hall–Kier alpha value is -5.37. The Labute approximate surface area is 300 Å². The summed E-state index contributed by atoms with van der Waals surface area (Å²) in [6.07, 6.45) is -8.58. The van der Waals surface area contributed by atoms with Gasteiger partial charge in [-0.3, -0.25) is 19.4 Å². The number of aliphatic hydroxyl groups excluding tert-OH is 1. The maximum absolute atomic E-state index is 15.5. The largest absolute Gasteiger partial charge is 0.509 e. The zero-order valence-corrected chi connectivity index (χ0v) is 28.2. The quantitative estimate of drug-likeness (QED) is 0.232. The number of rotatable bonds is 8. The topological polar surface area (TPSA) is 137 Å². The first-order valence-electron chi connectivity index (χ1n) is 16.3. The fourth-order valence-corrected chi connectivity index (χ4v) is 6.33. The fraction of sp³-hybridized carbons (Fsp3) is 0.382. The van der Waals surface area contributed by atoms with Gasteiger partial charge in [-0.05, 0) is 49.6 Å². The Morgan fingerprint density at radius 2 is 1.69 bits per heavy atom. The second-order valence-electron chi connectivity index (χ2n) is 12.6. The first-order valence-corrected chi connectivity index (χ1v) is 16.3. The number of benzene rings is 2. The van der Waals surface area contributed by atoms with Gasteiger partial charge in [-0.15, -0.1) is 0 Å². The van der Waals surface area contributed by atoms with Gasteiger partial charge < -0.3 is 24.8 Å². The number of ether oxygens (including phenoxy) is 2. The number of carbonyl (C=O) groups is 3. The third-order valence-electron chi connectivity index (χ3n) is 9.51. The van der Waals surface area contributed by atoms with Gasteiger partial charge in [-0.25, -0.2) is 19.4 Å². The van der Waals surface area contributed by atoms with Crippen molar-refractivity contribution in [2.45, 2.75) is 43.7 Å². The number of carbonyl (C=O) groups excluding carboxylic acids is 3. The van der Waals surface area contributed by atoms with Crippen LogP contribution in [0.1, 0.15) is 36.1 Å².